The molecule has 100 valence electrons. The summed E-state index contributed by atoms with van der Waals surface area (Å²) in [5.74, 6) is -0.456. The second-order valence-corrected chi connectivity index (χ2v) is 8.09. The van der Waals surface area contributed by atoms with Gasteiger partial charge in [-0.05, 0) is 46.0 Å². The number of halogens is 2. The van der Waals surface area contributed by atoms with Crippen LogP contribution < -0.4 is 0 Å². The fourth-order valence-electron chi connectivity index (χ4n) is 2.09. The van der Waals surface area contributed by atoms with E-state index in [4.69, 9.17) is 0 Å². The van der Waals surface area contributed by atoms with Crippen LogP contribution in [0.25, 0.3) is 0 Å². The molecule has 0 amide bonds. The highest BCUT2D eigenvalue weighted by Gasteiger charge is 2.37. The van der Waals surface area contributed by atoms with E-state index in [1.165, 1.54) is 22.5 Å². The fourth-order valence-corrected chi connectivity index (χ4v) is 4.73. The van der Waals surface area contributed by atoms with E-state index in [1.54, 1.807) is 0 Å². The first-order valence-corrected chi connectivity index (χ1v) is 7.91. The molecule has 0 aromatic heterocycles. The van der Waals surface area contributed by atoms with Crippen LogP contribution in [0.4, 0.5) is 4.39 Å². The first-order valence-electron chi connectivity index (χ1n) is 5.68. The van der Waals surface area contributed by atoms with Crippen LogP contribution in [0.15, 0.2) is 27.6 Å². The van der Waals surface area contributed by atoms with Gasteiger partial charge in [-0.2, -0.15) is 4.31 Å². The molecule has 1 heterocycles. The standard InChI is InChI=1S/C12H15BrFNO2S/c1-12(2)5-6-15(8-12)18(16,17)11-4-3-9(14)7-10(11)13/h3-4,7H,5-6,8H2,1-2H3. The Bertz CT molecular complexity index is 571. The van der Waals surface area contributed by atoms with Crippen LogP contribution in [-0.4, -0.2) is 25.8 Å². The van der Waals surface area contributed by atoms with Gasteiger partial charge < -0.3 is 0 Å². The van der Waals surface area contributed by atoms with E-state index in [9.17, 15) is 12.8 Å². The lowest BCUT2D eigenvalue weighted by Crippen LogP contribution is -2.30. The van der Waals surface area contributed by atoms with E-state index in [-0.39, 0.29) is 14.8 Å². The van der Waals surface area contributed by atoms with Crippen LogP contribution in [0.1, 0.15) is 20.3 Å². The Balaban J connectivity index is 2.38. The number of nitrogens with zero attached hydrogens (tertiary/aromatic N) is 1. The minimum absolute atomic E-state index is 0.000420. The predicted molar refractivity (Wildman–Crippen MR) is 71.3 cm³/mol. The van der Waals surface area contributed by atoms with Gasteiger partial charge in [0.05, 0.1) is 4.90 Å². The first-order chi connectivity index (χ1) is 8.22. The van der Waals surface area contributed by atoms with E-state index < -0.39 is 15.8 Å². The SMILES string of the molecule is CC1(C)CCN(S(=O)(=O)c2ccc(F)cc2Br)C1. The maximum atomic E-state index is 13.0. The molecule has 0 aliphatic carbocycles. The Labute approximate surface area is 115 Å². The molecule has 1 aliphatic rings. The molecule has 0 unspecified atom stereocenters. The summed E-state index contributed by atoms with van der Waals surface area (Å²) in [6.07, 6.45) is 0.838. The summed E-state index contributed by atoms with van der Waals surface area (Å²) in [6, 6.07) is 3.65. The van der Waals surface area contributed by atoms with Gasteiger partial charge in [0.1, 0.15) is 5.82 Å². The second kappa shape index (κ2) is 4.58. The highest BCUT2D eigenvalue weighted by molar-refractivity contribution is 9.10. The summed E-state index contributed by atoms with van der Waals surface area (Å²) < 4.78 is 39.6. The van der Waals surface area contributed by atoms with Gasteiger partial charge in [0.15, 0.2) is 0 Å². The lowest BCUT2D eigenvalue weighted by Gasteiger charge is -2.20. The molecule has 1 aromatic rings. The van der Waals surface area contributed by atoms with Crippen molar-refractivity contribution in [3.63, 3.8) is 0 Å². The van der Waals surface area contributed by atoms with Gasteiger partial charge in [0.25, 0.3) is 0 Å². The third kappa shape index (κ3) is 2.60. The molecule has 0 atom stereocenters. The Morgan fingerprint density at radius 3 is 2.56 bits per heavy atom. The van der Waals surface area contributed by atoms with Crippen molar-refractivity contribution in [3.8, 4) is 0 Å². The van der Waals surface area contributed by atoms with Crippen molar-refractivity contribution < 1.29 is 12.8 Å². The highest BCUT2D eigenvalue weighted by atomic mass is 79.9. The smallest absolute Gasteiger partial charge is 0.207 e. The van der Waals surface area contributed by atoms with Crippen molar-refractivity contribution in [1.29, 1.82) is 0 Å². The Hall–Kier alpha value is -0.460. The van der Waals surface area contributed by atoms with Crippen LogP contribution >= 0.6 is 15.9 Å². The number of hydrogen-bond acceptors (Lipinski definition) is 2. The van der Waals surface area contributed by atoms with E-state index >= 15 is 0 Å². The van der Waals surface area contributed by atoms with E-state index in [1.807, 2.05) is 13.8 Å². The Morgan fingerprint density at radius 1 is 1.39 bits per heavy atom. The van der Waals surface area contributed by atoms with Crippen molar-refractivity contribution >= 4 is 26.0 Å². The number of sulfonamides is 1. The molecule has 6 heteroatoms. The molecule has 2 rings (SSSR count). The molecular formula is C12H15BrFNO2S. The predicted octanol–water partition coefficient (Wildman–Crippen LogP) is 3.01. The zero-order valence-electron chi connectivity index (χ0n) is 10.3. The van der Waals surface area contributed by atoms with Crippen molar-refractivity contribution in [2.75, 3.05) is 13.1 Å². The van der Waals surface area contributed by atoms with Gasteiger partial charge >= 0.3 is 0 Å². The Kier molecular flexibility index (Phi) is 3.55. The molecule has 1 aliphatic heterocycles. The minimum Gasteiger partial charge on any atom is -0.207 e. The highest BCUT2D eigenvalue weighted by Crippen LogP contribution is 2.34. The third-order valence-electron chi connectivity index (χ3n) is 3.15. The normalized spacial score (nSPS) is 20.2. The van der Waals surface area contributed by atoms with Crippen molar-refractivity contribution in [3.05, 3.63) is 28.5 Å². The topological polar surface area (TPSA) is 37.4 Å². The van der Waals surface area contributed by atoms with Crippen LogP contribution in [-0.2, 0) is 10.0 Å². The quantitative estimate of drug-likeness (QED) is 0.833. The zero-order chi connectivity index (χ0) is 13.6. The van der Waals surface area contributed by atoms with Gasteiger partial charge in [0, 0.05) is 17.6 Å². The van der Waals surface area contributed by atoms with Crippen molar-refractivity contribution in [1.82, 2.24) is 4.31 Å². The zero-order valence-corrected chi connectivity index (χ0v) is 12.7. The second-order valence-electron chi connectivity index (χ2n) is 5.33. The van der Waals surface area contributed by atoms with Crippen LogP contribution in [0, 0.1) is 11.2 Å². The summed E-state index contributed by atoms with van der Waals surface area (Å²) in [4.78, 5) is 0.126. The van der Waals surface area contributed by atoms with Gasteiger partial charge in [-0.25, -0.2) is 12.8 Å². The van der Waals surface area contributed by atoms with Crippen molar-refractivity contribution in [2.24, 2.45) is 5.41 Å². The van der Waals surface area contributed by atoms with Crippen LogP contribution in [0.3, 0.4) is 0 Å². The molecule has 0 N–H and O–H groups in total. The summed E-state index contributed by atoms with van der Waals surface area (Å²) in [7, 11) is -3.54. The van der Waals surface area contributed by atoms with Crippen LogP contribution in [0.2, 0.25) is 0 Å². The maximum Gasteiger partial charge on any atom is 0.244 e. The summed E-state index contributed by atoms with van der Waals surface area (Å²) in [6.45, 7) is 5.10. The molecule has 1 aromatic carbocycles. The van der Waals surface area contributed by atoms with E-state index in [0.29, 0.717) is 13.1 Å². The van der Waals surface area contributed by atoms with Gasteiger partial charge in [-0.15, -0.1) is 0 Å². The molecule has 0 bridgehead atoms. The van der Waals surface area contributed by atoms with Gasteiger partial charge in [-0.1, -0.05) is 13.8 Å². The molecule has 1 saturated heterocycles. The Morgan fingerprint density at radius 2 is 2.06 bits per heavy atom. The molecule has 1 fully saturated rings. The summed E-state index contributed by atoms with van der Waals surface area (Å²) in [5.41, 5.74) is -0.000420. The summed E-state index contributed by atoms with van der Waals surface area (Å²) >= 11 is 3.11. The monoisotopic (exact) mass is 335 g/mol. The molecular weight excluding hydrogens is 321 g/mol. The molecule has 0 radical (unpaired) electrons. The third-order valence-corrected chi connectivity index (χ3v) is 5.98. The average molecular weight is 336 g/mol. The summed E-state index contributed by atoms with van der Waals surface area (Å²) in [5, 5.41) is 0. The largest absolute Gasteiger partial charge is 0.244 e. The fraction of sp³-hybridized carbons (Fsp3) is 0.500. The number of rotatable bonds is 2. The lowest BCUT2D eigenvalue weighted by atomic mass is 9.93. The molecule has 18 heavy (non-hydrogen) atoms. The lowest BCUT2D eigenvalue weighted by molar-refractivity contribution is 0.375. The molecule has 0 saturated carbocycles. The van der Waals surface area contributed by atoms with Crippen molar-refractivity contribution in [2.45, 2.75) is 25.2 Å². The number of benzene rings is 1. The van der Waals surface area contributed by atoms with Gasteiger partial charge in [-0.3, -0.25) is 0 Å². The average Bonchev–Trinajstić information content (AvgIpc) is 2.58. The maximum absolute atomic E-state index is 13.0. The first kappa shape index (κ1) is 14.0. The van der Waals surface area contributed by atoms with E-state index in [2.05, 4.69) is 15.9 Å². The molecule has 3 nitrogen and oxygen atoms in total. The number of hydrogen-bond donors (Lipinski definition) is 0. The van der Waals surface area contributed by atoms with E-state index in [0.717, 1.165) is 6.42 Å². The van der Waals surface area contributed by atoms with Crippen LogP contribution in [0.5, 0.6) is 0 Å². The van der Waals surface area contributed by atoms with Gasteiger partial charge in [0.2, 0.25) is 10.0 Å². The minimum atomic E-state index is -3.54. The molecule has 0 spiro atoms.